The molecular formula is C27H29N5O2S. The summed E-state index contributed by atoms with van der Waals surface area (Å²) in [6.45, 7) is 6.48. The number of carbonyl (C=O) groups excluding carboxylic acids is 1. The second kappa shape index (κ2) is 10.1. The third kappa shape index (κ3) is 5.49. The van der Waals surface area contributed by atoms with Gasteiger partial charge in [0, 0.05) is 60.4 Å². The van der Waals surface area contributed by atoms with Gasteiger partial charge in [0.05, 0.1) is 11.3 Å². The molecule has 0 aliphatic carbocycles. The van der Waals surface area contributed by atoms with Crippen LogP contribution in [0.25, 0.3) is 21.2 Å². The van der Waals surface area contributed by atoms with Crippen molar-refractivity contribution < 1.29 is 9.53 Å². The quantitative estimate of drug-likeness (QED) is 0.366. The highest BCUT2D eigenvalue weighted by Gasteiger charge is 2.22. The number of nitrogens with two attached hydrogens (primary N) is 1. The van der Waals surface area contributed by atoms with Gasteiger partial charge in [-0.15, -0.1) is 0 Å². The van der Waals surface area contributed by atoms with Crippen molar-refractivity contribution in [3.8, 4) is 16.3 Å². The first-order valence-electron chi connectivity index (χ1n) is 11.9. The molecule has 0 saturated carbocycles. The van der Waals surface area contributed by atoms with Crippen LogP contribution >= 0.6 is 11.3 Å². The number of ether oxygens (including phenoxy) is 1. The van der Waals surface area contributed by atoms with Crippen LogP contribution in [-0.2, 0) is 6.42 Å². The van der Waals surface area contributed by atoms with Crippen LogP contribution in [0.3, 0.4) is 0 Å². The molecule has 1 saturated heterocycles. The van der Waals surface area contributed by atoms with Crippen molar-refractivity contribution in [3.05, 3.63) is 66.2 Å². The average Bonchev–Trinajstić information content (AvgIpc) is 3.30. The number of thiazole rings is 1. The van der Waals surface area contributed by atoms with Crippen molar-refractivity contribution in [2.45, 2.75) is 45.3 Å². The minimum Gasteiger partial charge on any atom is -0.474 e. The van der Waals surface area contributed by atoms with Crippen LogP contribution in [0.5, 0.6) is 5.88 Å². The Balaban J connectivity index is 1.27. The fourth-order valence-corrected chi connectivity index (χ4v) is 5.13. The van der Waals surface area contributed by atoms with Crippen molar-refractivity contribution in [1.29, 1.82) is 0 Å². The summed E-state index contributed by atoms with van der Waals surface area (Å²) in [4.78, 5) is 29.5. The summed E-state index contributed by atoms with van der Waals surface area (Å²) in [6, 6.07) is 12.2. The number of nitrogens with zero attached hydrogens (tertiary/aromatic N) is 4. The first-order valence-corrected chi connectivity index (χ1v) is 12.8. The smallest absolute Gasteiger partial charge is 0.214 e. The van der Waals surface area contributed by atoms with E-state index in [9.17, 15) is 4.79 Å². The van der Waals surface area contributed by atoms with Crippen LogP contribution in [0.15, 0.2) is 55.0 Å². The number of hydrogen-bond donors (Lipinski definition) is 1. The van der Waals surface area contributed by atoms with Crippen molar-refractivity contribution in [1.82, 2.24) is 19.9 Å². The largest absolute Gasteiger partial charge is 0.474 e. The van der Waals surface area contributed by atoms with Crippen molar-refractivity contribution in [2.24, 2.45) is 0 Å². The van der Waals surface area contributed by atoms with Gasteiger partial charge in [-0.05, 0) is 55.8 Å². The van der Waals surface area contributed by atoms with Gasteiger partial charge in [-0.1, -0.05) is 23.5 Å². The van der Waals surface area contributed by atoms with Crippen molar-refractivity contribution in [3.63, 3.8) is 0 Å². The number of fused-ring (bicyclic) bond motifs is 1. The lowest BCUT2D eigenvalue weighted by atomic mass is 10.0. The molecule has 4 heterocycles. The highest BCUT2D eigenvalue weighted by Crippen LogP contribution is 2.30. The van der Waals surface area contributed by atoms with Gasteiger partial charge in [0.2, 0.25) is 5.88 Å². The summed E-state index contributed by atoms with van der Waals surface area (Å²) in [5.74, 6) is 0.504. The average molecular weight is 488 g/mol. The van der Waals surface area contributed by atoms with Gasteiger partial charge >= 0.3 is 0 Å². The summed E-state index contributed by atoms with van der Waals surface area (Å²) in [7, 11) is 0. The molecule has 2 N–H and O–H groups in total. The Morgan fingerprint density at radius 1 is 1.09 bits per heavy atom. The van der Waals surface area contributed by atoms with E-state index in [1.54, 1.807) is 24.5 Å². The van der Waals surface area contributed by atoms with E-state index in [-0.39, 0.29) is 18.3 Å². The first kappa shape index (κ1) is 23.4. The fraction of sp³-hybridized carbons (Fsp3) is 0.333. The van der Waals surface area contributed by atoms with Gasteiger partial charge in [-0.2, -0.15) is 0 Å². The molecule has 1 aliphatic rings. The van der Waals surface area contributed by atoms with Gasteiger partial charge in [0.1, 0.15) is 6.10 Å². The number of benzene rings is 1. The maximum Gasteiger partial charge on any atom is 0.214 e. The zero-order valence-electron chi connectivity index (χ0n) is 20.0. The molecule has 0 amide bonds. The molecule has 180 valence electrons. The molecule has 5 rings (SSSR count). The molecule has 1 fully saturated rings. The lowest BCUT2D eigenvalue weighted by Crippen LogP contribution is -2.41. The van der Waals surface area contributed by atoms with Gasteiger partial charge in [0.15, 0.2) is 10.9 Å². The summed E-state index contributed by atoms with van der Waals surface area (Å²) in [5, 5.41) is 2.59. The highest BCUT2D eigenvalue weighted by molar-refractivity contribution is 7.18. The lowest BCUT2D eigenvalue weighted by molar-refractivity contribution is 0.0809. The van der Waals surface area contributed by atoms with Crippen molar-refractivity contribution >= 4 is 33.0 Å². The Bertz CT molecular complexity index is 1340. The van der Waals surface area contributed by atoms with E-state index in [1.165, 1.54) is 11.3 Å². The predicted molar refractivity (Wildman–Crippen MR) is 140 cm³/mol. The monoisotopic (exact) mass is 487 g/mol. The van der Waals surface area contributed by atoms with Gasteiger partial charge in [-0.3, -0.25) is 9.78 Å². The molecule has 1 aliphatic heterocycles. The van der Waals surface area contributed by atoms with Crippen LogP contribution < -0.4 is 10.5 Å². The number of anilines is 1. The number of carbonyl (C=O) groups is 1. The molecule has 0 spiro atoms. The Labute approximate surface area is 209 Å². The molecular weight excluding hydrogens is 458 g/mol. The zero-order chi connectivity index (χ0) is 24.4. The Morgan fingerprint density at radius 2 is 1.91 bits per heavy atom. The molecule has 0 atom stereocenters. The molecule has 35 heavy (non-hydrogen) atoms. The molecule has 0 radical (unpaired) electrons. The number of ketones is 1. The SMILES string of the molecule is CC(C)N1CCC(Oc2cc(C(=O)Cc3cc4cc(-c5cnc(N)s5)ccc4cn3)ccn2)CC1. The summed E-state index contributed by atoms with van der Waals surface area (Å²) in [5.41, 5.74) is 8.15. The van der Waals surface area contributed by atoms with Gasteiger partial charge in [-0.25, -0.2) is 9.97 Å². The molecule has 0 unspecified atom stereocenters. The van der Waals surface area contributed by atoms with Crippen LogP contribution in [0.4, 0.5) is 5.13 Å². The normalized spacial score (nSPS) is 15.1. The topological polar surface area (TPSA) is 94.2 Å². The molecule has 7 nitrogen and oxygen atoms in total. The van der Waals surface area contributed by atoms with Crippen molar-refractivity contribution in [2.75, 3.05) is 18.8 Å². The number of piperidine rings is 1. The third-order valence-electron chi connectivity index (χ3n) is 6.48. The summed E-state index contributed by atoms with van der Waals surface area (Å²) >= 11 is 1.45. The van der Waals surface area contributed by atoms with Gasteiger partial charge < -0.3 is 15.4 Å². The second-order valence-corrected chi connectivity index (χ2v) is 10.3. The molecule has 1 aromatic carbocycles. The third-order valence-corrected chi connectivity index (χ3v) is 7.35. The number of hydrogen-bond acceptors (Lipinski definition) is 8. The highest BCUT2D eigenvalue weighted by atomic mass is 32.1. The van der Waals surface area contributed by atoms with E-state index in [2.05, 4.69) is 39.8 Å². The van der Waals surface area contributed by atoms with E-state index < -0.39 is 0 Å². The molecule has 4 aromatic rings. The molecule has 8 heteroatoms. The minimum atomic E-state index is -0.00916. The number of likely N-dealkylation sites (tertiary alicyclic amines) is 1. The number of nitrogen functional groups attached to an aromatic ring is 1. The van der Waals surface area contributed by atoms with E-state index in [1.807, 2.05) is 24.4 Å². The number of aromatic nitrogens is 3. The predicted octanol–water partition coefficient (Wildman–Crippen LogP) is 5.01. The number of pyridine rings is 2. The first-order chi connectivity index (χ1) is 16.9. The van der Waals surface area contributed by atoms with Crippen LogP contribution in [-0.4, -0.2) is 50.9 Å². The van der Waals surface area contributed by atoms with E-state index in [0.29, 0.717) is 22.6 Å². The minimum absolute atomic E-state index is 0.00916. The number of rotatable bonds is 7. The van der Waals surface area contributed by atoms with E-state index in [4.69, 9.17) is 10.5 Å². The molecule has 0 bridgehead atoms. The maximum atomic E-state index is 13.1. The lowest BCUT2D eigenvalue weighted by Gasteiger charge is -2.34. The Kier molecular flexibility index (Phi) is 6.74. The summed E-state index contributed by atoms with van der Waals surface area (Å²) in [6.07, 6.45) is 7.52. The van der Waals surface area contributed by atoms with Gasteiger partial charge in [0.25, 0.3) is 0 Å². The zero-order valence-corrected chi connectivity index (χ0v) is 20.8. The second-order valence-electron chi connectivity index (χ2n) is 9.23. The maximum absolute atomic E-state index is 13.1. The fourth-order valence-electron chi connectivity index (χ4n) is 4.45. The Hall–Kier alpha value is -3.36. The molecule has 3 aromatic heterocycles. The van der Waals surface area contributed by atoms with Crippen LogP contribution in [0.2, 0.25) is 0 Å². The summed E-state index contributed by atoms with van der Waals surface area (Å²) < 4.78 is 6.12. The Morgan fingerprint density at radius 3 is 2.66 bits per heavy atom. The van der Waals surface area contributed by atoms with Crippen LogP contribution in [0, 0.1) is 0 Å². The number of Topliss-reactive ketones (excluding diaryl/α,β-unsaturated/α-hetero) is 1. The van der Waals surface area contributed by atoms with E-state index >= 15 is 0 Å². The van der Waals surface area contributed by atoms with Crippen LogP contribution in [0.1, 0.15) is 42.7 Å². The standard InChI is InChI=1S/C27H29N5O2S/c1-17(2)32-9-6-23(7-10-32)34-26-13-18(5-8-29-26)24(33)14-22-12-21-11-19(3-4-20(21)15-30-22)25-16-31-27(28)35-25/h3-5,8,11-13,15-17,23H,6-7,9-10,14H2,1-2H3,(H2,28,31). The van der Waals surface area contributed by atoms with E-state index in [0.717, 1.165) is 52.8 Å².